The second-order valence-electron chi connectivity index (χ2n) is 11.4. The van der Waals surface area contributed by atoms with Crippen molar-refractivity contribution in [3.63, 3.8) is 0 Å². The van der Waals surface area contributed by atoms with E-state index in [0.29, 0.717) is 26.1 Å². The van der Waals surface area contributed by atoms with E-state index >= 15 is 0 Å². The summed E-state index contributed by atoms with van der Waals surface area (Å²) in [6, 6.07) is 35.0. The zero-order chi connectivity index (χ0) is 32.1. The van der Waals surface area contributed by atoms with Gasteiger partial charge in [0.05, 0.1) is 13.7 Å². The molecule has 0 aliphatic carbocycles. The van der Waals surface area contributed by atoms with Crippen molar-refractivity contribution in [3.05, 3.63) is 138 Å². The molecule has 0 N–H and O–H groups in total. The molecule has 1 aliphatic rings. The predicted octanol–water partition coefficient (Wildman–Crippen LogP) is 6.09. The number of ether oxygens (including phenoxy) is 2. The van der Waals surface area contributed by atoms with E-state index < -0.39 is 6.04 Å². The number of piperazine rings is 1. The summed E-state index contributed by atoms with van der Waals surface area (Å²) in [5, 5.41) is 0. The Morgan fingerprint density at radius 3 is 1.98 bits per heavy atom. The smallest absolute Gasteiger partial charge is 0.247 e. The summed E-state index contributed by atoms with van der Waals surface area (Å²) < 4.78 is 10.9. The molecule has 4 aromatic carbocycles. The molecule has 7 heteroatoms. The largest absolute Gasteiger partial charge is 0.497 e. The lowest BCUT2D eigenvalue weighted by Crippen LogP contribution is -2.56. The van der Waals surface area contributed by atoms with Gasteiger partial charge in [-0.3, -0.25) is 14.5 Å². The van der Waals surface area contributed by atoms with E-state index in [0.717, 1.165) is 47.8 Å². The first-order valence-electron chi connectivity index (χ1n) is 16.0. The quantitative estimate of drug-likeness (QED) is 0.170. The van der Waals surface area contributed by atoms with Gasteiger partial charge in [0, 0.05) is 51.8 Å². The monoisotopic (exact) mass is 617 g/mol. The highest BCUT2D eigenvalue weighted by molar-refractivity contribution is 5.95. The van der Waals surface area contributed by atoms with Gasteiger partial charge in [0.25, 0.3) is 0 Å². The summed E-state index contributed by atoms with van der Waals surface area (Å²) in [6.45, 7) is 6.46. The normalized spacial score (nSPS) is 14.2. The Hall–Kier alpha value is -4.88. The molecule has 1 heterocycles. The fourth-order valence-electron chi connectivity index (χ4n) is 5.72. The second kappa shape index (κ2) is 16.4. The summed E-state index contributed by atoms with van der Waals surface area (Å²) in [6.07, 6.45) is 3.78. The van der Waals surface area contributed by atoms with E-state index in [1.54, 1.807) is 24.2 Å². The maximum atomic E-state index is 14.4. The van der Waals surface area contributed by atoms with Crippen LogP contribution in [0, 0.1) is 0 Å². The van der Waals surface area contributed by atoms with Gasteiger partial charge in [0.1, 0.15) is 17.5 Å². The second-order valence-corrected chi connectivity index (χ2v) is 11.4. The molecule has 0 spiro atoms. The third-order valence-electron chi connectivity index (χ3n) is 8.27. The average Bonchev–Trinajstić information content (AvgIpc) is 3.11. The van der Waals surface area contributed by atoms with Crippen LogP contribution in [0.15, 0.2) is 115 Å². The van der Waals surface area contributed by atoms with Crippen LogP contribution in [-0.2, 0) is 29.1 Å². The molecule has 1 atom stereocenters. The van der Waals surface area contributed by atoms with Gasteiger partial charge >= 0.3 is 0 Å². The van der Waals surface area contributed by atoms with Crippen molar-refractivity contribution in [2.45, 2.75) is 32.5 Å². The molecule has 2 amide bonds. The van der Waals surface area contributed by atoms with Crippen LogP contribution in [0.5, 0.6) is 11.5 Å². The van der Waals surface area contributed by atoms with Gasteiger partial charge in [-0.2, -0.15) is 0 Å². The topological polar surface area (TPSA) is 62.3 Å². The lowest BCUT2D eigenvalue weighted by atomic mass is 10.0. The number of carbonyl (C=O) groups excluding carboxylic acids is 2. The number of hydrogen-bond acceptors (Lipinski definition) is 5. The van der Waals surface area contributed by atoms with Gasteiger partial charge in [-0.15, -0.1) is 0 Å². The lowest BCUT2D eigenvalue weighted by molar-refractivity contribution is -0.145. The van der Waals surface area contributed by atoms with Crippen LogP contribution in [0.1, 0.15) is 29.2 Å². The summed E-state index contributed by atoms with van der Waals surface area (Å²) in [5.74, 6) is 1.27. The molecule has 1 fully saturated rings. The summed E-state index contributed by atoms with van der Waals surface area (Å²) >= 11 is 0. The zero-order valence-electron chi connectivity index (χ0n) is 26.8. The van der Waals surface area contributed by atoms with Crippen LogP contribution in [0.3, 0.4) is 0 Å². The van der Waals surface area contributed by atoms with Crippen LogP contribution < -0.4 is 9.47 Å². The average molecular weight is 618 g/mol. The molecule has 238 valence electrons. The van der Waals surface area contributed by atoms with Crippen LogP contribution in [0.2, 0.25) is 0 Å². The molecule has 46 heavy (non-hydrogen) atoms. The Balaban J connectivity index is 1.40. The number of hydrogen-bond donors (Lipinski definition) is 0. The van der Waals surface area contributed by atoms with Gasteiger partial charge in [-0.1, -0.05) is 84.9 Å². The fourth-order valence-corrected chi connectivity index (χ4v) is 5.72. The van der Waals surface area contributed by atoms with Gasteiger partial charge in [-0.05, 0) is 59.5 Å². The van der Waals surface area contributed by atoms with Crippen LogP contribution in [-0.4, -0.2) is 72.5 Å². The minimum atomic E-state index is -0.678. The molecular weight excluding hydrogens is 574 g/mol. The third-order valence-corrected chi connectivity index (χ3v) is 8.27. The predicted molar refractivity (Wildman–Crippen MR) is 182 cm³/mol. The van der Waals surface area contributed by atoms with Gasteiger partial charge in [0.15, 0.2) is 0 Å². The molecule has 0 unspecified atom stereocenters. The van der Waals surface area contributed by atoms with Crippen molar-refractivity contribution < 1.29 is 19.1 Å². The van der Waals surface area contributed by atoms with Crippen molar-refractivity contribution in [2.75, 3.05) is 39.9 Å². The van der Waals surface area contributed by atoms with Gasteiger partial charge in [-0.25, -0.2) is 0 Å². The number of nitrogens with zero attached hydrogens (tertiary/aromatic N) is 3. The number of benzene rings is 4. The molecule has 4 aromatic rings. The first kappa shape index (κ1) is 32.5. The fraction of sp³-hybridized carbons (Fsp3) is 0.282. The highest BCUT2D eigenvalue weighted by Crippen LogP contribution is 2.21. The van der Waals surface area contributed by atoms with E-state index in [1.807, 2.05) is 96.8 Å². The highest BCUT2D eigenvalue weighted by Gasteiger charge is 2.34. The van der Waals surface area contributed by atoms with Crippen LogP contribution >= 0.6 is 0 Å². The summed E-state index contributed by atoms with van der Waals surface area (Å²) in [4.78, 5) is 34.6. The standard InChI is InChI=1S/C39H43N3O4/c1-3-46-36-21-16-34(17-22-36)30-42(38(43)23-18-31-14-19-35(45-2)20-15-31)37(28-32-10-6-4-7-11-32)39(44)41-26-24-40(25-27-41)29-33-12-8-5-9-13-33/h4-23,37H,3,24-30H2,1-2H3/t37-/m0/s1. The first-order chi connectivity index (χ1) is 22.5. The van der Waals surface area contributed by atoms with E-state index in [2.05, 4.69) is 29.2 Å². The lowest BCUT2D eigenvalue weighted by Gasteiger charge is -2.39. The van der Waals surface area contributed by atoms with Crippen molar-refractivity contribution in [2.24, 2.45) is 0 Å². The first-order valence-corrected chi connectivity index (χ1v) is 16.0. The van der Waals surface area contributed by atoms with Crippen molar-refractivity contribution >= 4 is 17.9 Å². The van der Waals surface area contributed by atoms with Crippen molar-refractivity contribution in [1.82, 2.24) is 14.7 Å². The van der Waals surface area contributed by atoms with Crippen LogP contribution in [0.4, 0.5) is 0 Å². The maximum Gasteiger partial charge on any atom is 0.247 e. The Bertz CT molecular complexity index is 1550. The van der Waals surface area contributed by atoms with E-state index in [1.165, 1.54) is 5.56 Å². The molecule has 7 nitrogen and oxygen atoms in total. The Morgan fingerprint density at radius 2 is 1.37 bits per heavy atom. The molecule has 0 saturated carbocycles. The number of amides is 2. The van der Waals surface area contributed by atoms with E-state index in [-0.39, 0.29) is 18.4 Å². The molecule has 0 radical (unpaired) electrons. The molecule has 1 aliphatic heterocycles. The summed E-state index contributed by atoms with van der Waals surface area (Å²) in [7, 11) is 1.63. The minimum Gasteiger partial charge on any atom is -0.497 e. The molecule has 0 aromatic heterocycles. The molecular formula is C39H43N3O4. The van der Waals surface area contributed by atoms with Crippen molar-refractivity contribution in [3.8, 4) is 11.5 Å². The minimum absolute atomic E-state index is 0.0275. The molecule has 1 saturated heterocycles. The third kappa shape index (κ3) is 9.08. The molecule has 0 bridgehead atoms. The Morgan fingerprint density at radius 1 is 0.761 bits per heavy atom. The van der Waals surface area contributed by atoms with E-state index in [4.69, 9.17) is 9.47 Å². The molecule has 5 rings (SSSR count). The SMILES string of the molecule is CCOc1ccc(CN(C(=O)C=Cc2ccc(OC)cc2)[C@@H](Cc2ccccc2)C(=O)N2CCN(Cc3ccccc3)CC2)cc1. The maximum absolute atomic E-state index is 14.4. The van der Waals surface area contributed by atoms with Crippen LogP contribution in [0.25, 0.3) is 6.08 Å². The zero-order valence-corrected chi connectivity index (χ0v) is 26.8. The van der Waals surface area contributed by atoms with Gasteiger partial charge < -0.3 is 19.3 Å². The highest BCUT2D eigenvalue weighted by atomic mass is 16.5. The Kier molecular flexibility index (Phi) is 11.6. The number of methoxy groups -OCH3 is 1. The van der Waals surface area contributed by atoms with E-state index in [9.17, 15) is 9.59 Å². The number of carbonyl (C=O) groups is 2. The van der Waals surface area contributed by atoms with Gasteiger partial charge in [0.2, 0.25) is 11.8 Å². The Labute approximate surface area is 272 Å². The summed E-state index contributed by atoms with van der Waals surface area (Å²) in [5.41, 5.74) is 4.07. The van der Waals surface area contributed by atoms with Crippen molar-refractivity contribution in [1.29, 1.82) is 0 Å². The number of rotatable bonds is 13.